The number of amides is 3. The number of piperazine rings is 1. The van der Waals surface area contributed by atoms with E-state index in [0.29, 0.717) is 16.9 Å². The van der Waals surface area contributed by atoms with Gasteiger partial charge in [-0.3, -0.25) is 4.79 Å². The lowest BCUT2D eigenvalue weighted by molar-refractivity contribution is -0.274. The van der Waals surface area contributed by atoms with E-state index in [1.165, 1.54) is 23.2 Å². The zero-order valence-corrected chi connectivity index (χ0v) is 18.4. The fourth-order valence-electron chi connectivity index (χ4n) is 3.73. The zero-order chi connectivity index (χ0) is 24.5. The molecule has 2 heterocycles. The largest absolute Gasteiger partial charge is 0.573 e. The highest BCUT2D eigenvalue weighted by atomic mass is 19.4. The predicted molar refractivity (Wildman–Crippen MR) is 118 cm³/mol. The van der Waals surface area contributed by atoms with E-state index < -0.39 is 30.1 Å². The third-order valence-corrected chi connectivity index (χ3v) is 5.43. The van der Waals surface area contributed by atoms with Gasteiger partial charge in [0.05, 0.1) is 23.3 Å². The minimum atomic E-state index is -4.82. The van der Waals surface area contributed by atoms with Crippen molar-refractivity contribution in [1.29, 1.82) is 0 Å². The fourth-order valence-corrected chi connectivity index (χ4v) is 3.73. The van der Waals surface area contributed by atoms with Crippen LogP contribution in [0.15, 0.2) is 54.7 Å². The van der Waals surface area contributed by atoms with Gasteiger partial charge < -0.3 is 20.3 Å². The SMILES string of the molecule is Cc1ccc(-n2ncc(NC(=O)N3CCNC(=O)C3c3ccc(OC(F)(F)F)cc3)c2C)cc1. The maximum atomic E-state index is 13.1. The van der Waals surface area contributed by atoms with E-state index in [2.05, 4.69) is 20.5 Å². The van der Waals surface area contributed by atoms with E-state index in [-0.39, 0.29) is 13.1 Å². The van der Waals surface area contributed by atoms with Crippen LogP contribution in [0.1, 0.15) is 22.9 Å². The highest BCUT2D eigenvalue weighted by molar-refractivity contribution is 5.95. The van der Waals surface area contributed by atoms with E-state index in [1.54, 1.807) is 4.68 Å². The monoisotopic (exact) mass is 473 g/mol. The second-order valence-corrected chi connectivity index (χ2v) is 7.82. The number of anilines is 1. The Labute approximate surface area is 193 Å². The van der Waals surface area contributed by atoms with Crippen molar-refractivity contribution < 1.29 is 27.5 Å². The molecule has 0 radical (unpaired) electrons. The van der Waals surface area contributed by atoms with Crippen molar-refractivity contribution in [2.75, 3.05) is 18.4 Å². The summed E-state index contributed by atoms with van der Waals surface area (Å²) in [6.07, 6.45) is -3.30. The molecule has 1 aromatic heterocycles. The van der Waals surface area contributed by atoms with Crippen LogP contribution in [0.25, 0.3) is 5.69 Å². The molecule has 1 atom stereocenters. The van der Waals surface area contributed by atoms with Crippen molar-refractivity contribution in [2.45, 2.75) is 26.3 Å². The Morgan fingerprint density at radius 2 is 1.79 bits per heavy atom. The first kappa shape index (κ1) is 23.1. The van der Waals surface area contributed by atoms with Crippen LogP contribution in [0.4, 0.5) is 23.7 Å². The van der Waals surface area contributed by atoms with Crippen molar-refractivity contribution in [2.24, 2.45) is 0 Å². The van der Waals surface area contributed by atoms with Crippen LogP contribution in [-0.2, 0) is 4.79 Å². The van der Waals surface area contributed by atoms with Crippen molar-refractivity contribution >= 4 is 17.6 Å². The Kier molecular flexibility index (Phi) is 6.18. The van der Waals surface area contributed by atoms with Gasteiger partial charge in [0.15, 0.2) is 0 Å². The molecule has 8 nitrogen and oxygen atoms in total. The molecule has 178 valence electrons. The molecule has 0 spiro atoms. The van der Waals surface area contributed by atoms with Crippen molar-refractivity contribution in [3.63, 3.8) is 0 Å². The van der Waals surface area contributed by atoms with Crippen molar-refractivity contribution in [3.05, 3.63) is 71.5 Å². The summed E-state index contributed by atoms with van der Waals surface area (Å²) in [6, 6.07) is 11.1. The van der Waals surface area contributed by atoms with Gasteiger partial charge in [0.2, 0.25) is 5.91 Å². The quantitative estimate of drug-likeness (QED) is 0.598. The molecule has 2 aromatic carbocycles. The van der Waals surface area contributed by atoms with Gasteiger partial charge in [-0.25, -0.2) is 9.48 Å². The molecule has 1 aliphatic heterocycles. The first-order chi connectivity index (χ1) is 16.1. The molecule has 2 N–H and O–H groups in total. The van der Waals surface area contributed by atoms with Crippen LogP contribution in [0.5, 0.6) is 5.75 Å². The molecule has 3 aromatic rings. The van der Waals surface area contributed by atoms with Crippen LogP contribution in [0, 0.1) is 13.8 Å². The average molecular weight is 473 g/mol. The first-order valence-corrected chi connectivity index (χ1v) is 10.4. The average Bonchev–Trinajstić information content (AvgIpc) is 3.14. The summed E-state index contributed by atoms with van der Waals surface area (Å²) in [7, 11) is 0. The van der Waals surface area contributed by atoms with Gasteiger partial charge in [0, 0.05) is 13.1 Å². The Morgan fingerprint density at radius 3 is 2.44 bits per heavy atom. The van der Waals surface area contributed by atoms with Crippen LogP contribution >= 0.6 is 0 Å². The number of rotatable bonds is 4. The number of aromatic nitrogens is 2. The summed E-state index contributed by atoms with van der Waals surface area (Å²) in [5, 5.41) is 9.82. The number of ether oxygens (including phenoxy) is 1. The topological polar surface area (TPSA) is 88.5 Å². The molecule has 11 heteroatoms. The van der Waals surface area contributed by atoms with Gasteiger partial charge in [-0.15, -0.1) is 13.2 Å². The summed E-state index contributed by atoms with van der Waals surface area (Å²) >= 11 is 0. The molecule has 0 bridgehead atoms. The van der Waals surface area contributed by atoms with Gasteiger partial charge in [-0.2, -0.15) is 5.10 Å². The highest BCUT2D eigenvalue weighted by Crippen LogP contribution is 2.29. The zero-order valence-electron chi connectivity index (χ0n) is 18.4. The number of benzene rings is 2. The summed E-state index contributed by atoms with van der Waals surface area (Å²) in [6.45, 7) is 4.25. The maximum Gasteiger partial charge on any atom is 0.573 e. The molecule has 4 rings (SSSR count). The Morgan fingerprint density at radius 1 is 1.12 bits per heavy atom. The number of nitrogens with zero attached hydrogens (tertiary/aromatic N) is 3. The second kappa shape index (κ2) is 9.08. The number of hydrogen-bond donors (Lipinski definition) is 2. The minimum Gasteiger partial charge on any atom is -0.406 e. The summed E-state index contributed by atoms with van der Waals surface area (Å²) in [5.41, 5.74) is 3.47. The Bertz CT molecular complexity index is 1190. The maximum absolute atomic E-state index is 13.1. The fraction of sp³-hybridized carbons (Fsp3) is 0.261. The van der Waals surface area contributed by atoms with Crippen LogP contribution in [0.2, 0.25) is 0 Å². The number of alkyl halides is 3. The first-order valence-electron chi connectivity index (χ1n) is 10.4. The molecule has 0 saturated carbocycles. The van der Waals surface area contributed by atoms with Gasteiger partial charge >= 0.3 is 12.4 Å². The molecule has 0 aliphatic carbocycles. The smallest absolute Gasteiger partial charge is 0.406 e. The molecular weight excluding hydrogens is 451 g/mol. The number of urea groups is 1. The van der Waals surface area contributed by atoms with Gasteiger partial charge in [-0.1, -0.05) is 29.8 Å². The number of carbonyl (C=O) groups is 2. The van der Waals surface area contributed by atoms with E-state index in [9.17, 15) is 22.8 Å². The lowest BCUT2D eigenvalue weighted by Crippen LogP contribution is -2.53. The van der Waals surface area contributed by atoms with E-state index in [4.69, 9.17) is 0 Å². The molecule has 1 fully saturated rings. The third-order valence-electron chi connectivity index (χ3n) is 5.43. The molecule has 1 aliphatic rings. The molecule has 3 amide bonds. The van der Waals surface area contributed by atoms with Crippen molar-refractivity contribution in [3.8, 4) is 11.4 Å². The molecule has 34 heavy (non-hydrogen) atoms. The summed E-state index contributed by atoms with van der Waals surface area (Å²) < 4.78 is 42.9. The summed E-state index contributed by atoms with van der Waals surface area (Å²) in [5.74, 6) is -0.847. The second-order valence-electron chi connectivity index (χ2n) is 7.82. The number of halogens is 3. The summed E-state index contributed by atoms with van der Waals surface area (Å²) in [4.78, 5) is 27.1. The number of carbonyl (C=O) groups excluding carboxylic acids is 2. The highest BCUT2D eigenvalue weighted by Gasteiger charge is 2.35. The van der Waals surface area contributed by atoms with Gasteiger partial charge in [0.1, 0.15) is 11.8 Å². The normalized spacial score (nSPS) is 16.2. The van der Waals surface area contributed by atoms with Crippen LogP contribution < -0.4 is 15.4 Å². The molecular formula is C23H22F3N5O3. The van der Waals surface area contributed by atoms with E-state index >= 15 is 0 Å². The third kappa shape index (κ3) is 4.98. The van der Waals surface area contributed by atoms with E-state index in [0.717, 1.165) is 23.4 Å². The number of nitrogens with one attached hydrogen (secondary N) is 2. The molecule has 1 unspecified atom stereocenters. The number of hydrogen-bond acceptors (Lipinski definition) is 4. The van der Waals surface area contributed by atoms with Gasteiger partial charge in [0.25, 0.3) is 0 Å². The Hall–Kier alpha value is -4.02. The van der Waals surface area contributed by atoms with Crippen molar-refractivity contribution in [1.82, 2.24) is 20.0 Å². The van der Waals surface area contributed by atoms with Crippen LogP contribution in [0.3, 0.4) is 0 Å². The predicted octanol–water partition coefficient (Wildman–Crippen LogP) is 4.09. The Balaban J connectivity index is 1.54. The van der Waals surface area contributed by atoms with E-state index in [1.807, 2.05) is 38.1 Å². The van der Waals surface area contributed by atoms with Gasteiger partial charge in [-0.05, 0) is 43.7 Å². The minimum absolute atomic E-state index is 0.216. The lowest BCUT2D eigenvalue weighted by Gasteiger charge is -2.35. The standard InChI is InChI=1S/C23H22F3N5O3/c1-14-3-7-17(8-4-14)31-15(2)19(13-28-31)29-22(33)30-12-11-27-21(32)20(30)16-5-9-18(10-6-16)34-23(24,25)26/h3-10,13,20H,11-12H2,1-2H3,(H,27,32)(H,29,33). The number of aryl methyl sites for hydroxylation is 1. The lowest BCUT2D eigenvalue weighted by atomic mass is 10.0. The molecule has 1 saturated heterocycles. The van der Waals surface area contributed by atoms with Crippen LogP contribution in [-0.4, -0.2) is 46.1 Å².